The summed E-state index contributed by atoms with van der Waals surface area (Å²) < 4.78 is 13.3. The number of hydrogen-bond acceptors (Lipinski definition) is 4. The van der Waals surface area contributed by atoms with Gasteiger partial charge in [0.15, 0.2) is 0 Å². The highest BCUT2D eigenvalue weighted by molar-refractivity contribution is 8.03. The van der Waals surface area contributed by atoms with E-state index in [0.717, 1.165) is 17.5 Å². The quantitative estimate of drug-likeness (QED) is 0.633. The predicted molar refractivity (Wildman–Crippen MR) is 69.4 cm³/mol. The van der Waals surface area contributed by atoms with Crippen molar-refractivity contribution in [2.24, 2.45) is 0 Å². The maximum absolute atomic E-state index is 13.3. The van der Waals surface area contributed by atoms with Gasteiger partial charge in [0.05, 0.1) is 9.95 Å². The van der Waals surface area contributed by atoms with E-state index in [0.29, 0.717) is 18.1 Å². The molecule has 0 aromatic heterocycles. The van der Waals surface area contributed by atoms with Gasteiger partial charge in [-0.15, -0.1) is 11.8 Å². The van der Waals surface area contributed by atoms with Gasteiger partial charge in [0.2, 0.25) is 0 Å². The molecule has 96 valence electrons. The largest absolute Gasteiger partial charge is 0.356 e. The Morgan fingerprint density at radius 3 is 3.06 bits per heavy atom. The summed E-state index contributed by atoms with van der Waals surface area (Å²) in [5.74, 6) is 0.330. The third-order valence-electron chi connectivity index (χ3n) is 2.50. The standard InChI is InChI=1S/C11H10ClFN2O2S/c12-9-2-1-8(5-10(9)13)6-14-3-4-18-11(14)7-15(16)17/h1-2,5,7H,3-4,6H2/b11-7+. The Balaban J connectivity index is 2.13. The van der Waals surface area contributed by atoms with Gasteiger partial charge in [-0.3, -0.25) is 10.1 Å². The highest BCUT2D eigenvalue weighted by Crippen LogP contribution is 2.29. The molecule has 7 heteroatoms. The lowest BCUT2D eigenvalue weighted by atomic mass is 10.2. The lowest BCUT2D eigenvalue weighted by Gasteiger charge is -2.17. The fourth-order valence-electron chi connectivity index (χ4n) is 1.69. The SMILES string of the molecule is O=[N+]([O-])/C=C1/SCCN1Cc1ccc(Cl)c(F)c1. The molecule has 1 heterocycles. The van der Waals surface area contributed by atoms with E-state index in [-0.39, 0.29) is 5.02 Å². The Bertz CT molecular complexity index is 510. The molecule has 18 heavy (non-hydrogen) atoms. The monoisotopic (exact) mass is 288 g/mol. The minimum absolute atomic E-state index is 0.0793. The lowest BCUT2D eigenvalue weighted by molar-refractivity contribution is -0.403. The molecule has 0 bridgehead atoms. The lowest BCUT2D eigenvalue weighted by Crippen LogP contribution is -2.18. The molecule has 0 saturated carbocycles. The maximum atomic E-state index is 13.3. The molecular formula is C11H10ClFN2O2S. The number of thioether (sulfide) groups is 1. The third kappa shape index (κ3) is 3.14. The summed E-state index contributed by atoms with van der Waals surface area (Å²) in [6, 6.07) is 4.57. The molecule has 0 spiro atoms. The van der Waals surface area contributed by atoms with E-state index in [2.05, 4.69) is 0 Å². The molecular weight excluding hydrogens is 279 g/mol. The van der Waals surface area contributed by atoms with Crippen LogP contribution in [0.4, 0.5) is 4.39 Å². The van der Waals surface area contributed by atoms with Crippen molar-refractivity contribution < 1.29 is 9.31 Å². The highest BCUT2D eigenvalue weighted by Gasteiger charge is 2.21. The summed E-state index contributed by atoms with van der Waals surface area (Å²) in [5.41, 5.74) is 0.744. The van der Waals surface area contributed by atoms with E-state index in [1.54, 1.807) is 6.07 Å². The number of nitrogens with zero attached hydrogens (tertiary/aromatic N) is 2. The van der Waals surface area contributed by atoms with Crippen molar-refractivity contribution in [2.45, 2.75) is 6.54 Å². The van der Waals surface area contributed by atoms with Crippen LogP contribution in [0.5, 0.6) is 0 Å². The van der Waals surface area contributed by atoms with Gasteiger partial charge in [-0.2, -0.15) is 0 Å². The van der Waals surface area contributed by atoms with Crippen LogP contribution < -0.4 is 0 Å². The molecule has 0 atom stereocenters. The first-order valence-corrected chi connectivity index (χ1v) is 6.59. The second kappa shape index (κ2) is 5.58. The Labute approximate surface area is 113 Å². The predicted octanol–water partition coefficient (Wildman–Crippen LogP) is 3.10. The molecule has 1 fully saturated rings. The smallest absolute Gasteiger partial charge is 0.264 e. The van der Waals surface area contributed by atoms with Gasteiger partial charge >= 0.3 is 0 Å². The number of benzene rings is 1. The van der Waals surface area contributed by atoms with Gasteiger partial charge < -0.3 is 4.90 Å². The van der Waals surface area contributed by atoms with Crippen LogP contribution in [0.25, 0.3) is 0 Å². The second-order valence-electron chi connectivity index (χ2n) is 3.77. The summed E-state index contributed by atoms with van der Waals surface area (Å²) in [6.45, 7) is 1.16. The Morgan fingerprint density at radius 1 is 1.61 bits per heavy atom. The van der Waals surface area contributed by atoms with Gasteiger partial charge in [-0.25, -0.2) is 4.39 Å². The van der Waals surface area contributed by atoms with E-state index >= 15 is 0 Å². The molecule has 0 amide bonds. The summed E-state index contributed by atoms with van der Waals surface area (Å²) >= 11 is 7.03. The second-order valence-corrected chi connectivity index (χ2v) is 5.29. The van der Waals surface area contributed by atoms with Crippen molar-refractivity contribution in [3.8, 4) is 0 Å². The van der Waals surface area contributed by atoms with Crippen molar-refractivity contribution in [3.63, 3.8) is 0 Å². The minimum Gasteiger partial charge on any atom is -0.356 e. The normalized spacial score (nSPS) is 17.4. The first-order valence-electron chi connectivity index (χ1n) is 5.23. The van der Waals surface area contributed by atoms with E-state index in [9.17, 15) is 14.5 Å². The maximum Gasteiger partial charge on any atom is 0.264 e. The van der Waals surface area contributed by atoms with E-state index in [1.165, 1.54) is 23.9 Å². The van der Waals surface area contributed by atoms with Crippen LogP contribution in [0.1, 0.15) is 5.56 Å². The molecule has 1 saturated heterocycles. The first kappa shape index (κ1) is 13.2. The van der Waals surface area contributed by atoms with E-state index in [1.807, 2.05) is 4.90 Å². The van der Waals surface area contributed by atoms with Crippen LogP contribution >= 0.6 is 23.4 Å². The Hall–Kier alpha value is -1.27. The Morgan fingerprint density at radius 2 is 2.39 bits per heavy atom. The van der Waals surface area contributed by atoms with Crippen LogP contribution in [0.3, 0.4) is 0 Å². The van der Waals surface area contributed by atoms with Crippen LogP contribution in [0, 0.1) is 15.9 Å². The number of rotatable bonds is 3. The van der Waals surface area contributed by atoms with E-state index < -0.39 is 10.7 Å². The van der Waals surface area contributed by atoms with Crippen LogP contribution in [-0.2, 0) is 6.54 Å². The number of nitro groups is 1. The van der Waals surface area contributed by atoms with Crippen molar-refractivity contribution in [1.29, 1.82) is 0 Å². The number of hydrogen-bond donors (Lipinski definition) is 0. The minimum atomic E-state index is -0.471. The van der Waals surface area contributed by atoms with Gasteiger partial charge in [-0.1, -0.05) is 17.7 Å². The van der Waals surface area contributed by atoms with Crippen LogP contribution in [-0.4, -0.2) is 22.1 Å². The molecule has 1 aliphatic rings. The topological polar surface area (TPSA) is 46.4 Å². The van der Waals surface area contributed by atoms with Crippen molar-refractivity contribution in [3.05, 3.63) is 55.9 Å². The van der Waals surface area contributed by atoms with Crippen LogP contribution in [0.15, 0.2) is 29.4 Å². The summed E-state index contributed by atoms with van der Waals surface area (Å²) in [6.07, 6.45) is 0.990. The zero-order valence-electron chi connectivity index (χ0n) is 9.31. The van der Waals surface area contributed by atoms with Crippen molar-refractivity contribution in [2.75, 3.05) is 12.3 Å². The molecule has 2 rings (SSSR count). The fourth-order valence-corrected chi connectivity index (χ4v) is 2.82. The summed E-state index contributed by atoms with van der Waals surface area (Å²) in [5, 5.41) is 11.1. The van der Waals surface area contributed by atoms with Crippen molar-refractivity contribution in [1.82, 2.24) is 4.90 Å². The first-order chi connectivity index (χ1) is 8.56. The fraction of sp³-hybridized carbons (Fsp3) is 0.273. The van der Waals surface area contributed by atoms with E-state index in [4.69, 9.17) is 11.6 Å². The summed E-state index contributed by atoms with van der Waals surface area (Å²) in [7, 11) is 0. The van der Waals surface area contributed by atoms with Crippen molar-refractivity contribution >= 4 is 23.4 Å². The zero-order chi connectivity index (χ0) is 13.1. The molecule has 4 nitrogen and oxygen atoms in total. The summed E-state index contributed by atoms with van der Waals surface area (Å²) in [4.78, 5) is 11.9. The molecule has 0 radical (unpaired) electrons. The van der Waals surface area contributed by atoms with Gasteiger partial charge in [0.1, 0.15) is 10.8 Å². The van der Waals surface area contributed by atoms with Gasteiger partial charge in [0.25, 0.3) is 6.20 Å². The van der Waals surface area contributed by atoms with Gasteiger partial charge in [-0.05, 0) is 17.7 Å². The molecule has 0 N–H and O–H groups in total. The van der Waals surface area contributed by atoms with Gasteiger partial charge in [0, 0.05) is 18.8 Å². The van der Waals surface area contributed by atoms with Crippen LogP contribution in [0.2, 0.25) is 5.02 Å². The molecule has 0 unspecified atom stereocenters. The molecule has 1 aromatic rings. The zero-order valence-corrected chi connectivity index (χ0v) is 10.9. The molecule has 1 aliphatic heterocycles. The third-order valence-corrected chi connectivity index (χ3v) is 3.85. The average molecular weight is 289 g/mol. The number of halogens is 2. The average Bonchev–Trinajstić information content (AvgIpc) is 2.70. The molecule has 0 aliphatic carbocycles. The molecule has 1 aromatic carbocycles. The highest BCUT2D eigenvalue weighted by atomic mass is 35.5. The Kier molecular flexibility index (Phi) is 4.08.